The molecule has 0 spiro atoms. The predicted molar refractivity (Wildman–Crippen MR) is 141 cm³/mol. The van der Waals surface area contributed by atoms with Crippen molar-refractivity contribution in [3.8, 4) is 11.3 Å². The van der Waals surface area contributed by atoms with E-state index in [9.17, 15) is 4.79 Å². The van der Waals surface area contributed by atoms with Crippen LogP contribution in [0.1, 0.15) is 13.3 Å². The molecular formula is C27H29N7O. The molecule has 0 aliphatic carbocycles. The third-order valence-corrected chi connectivity index (χ3v) is 6.18. The van der Waals surface area contributed by atoms with E-state index in [1.165, 1.54) is 0 Å². The zero-order chi connectivity index (χ0) is 24.4. The van der Waals surface area contributed by atoms with Gasteiger partial charge in [-0.3, -0.25) is 14.3 Å². The second-order valence-electron chi connectivity index (χ2n) is 8.68. The number of hydrogen-bond acceptors (Lipinski definition) is 7. The van der Waals surface area contributed by atoms with Gasteiger partial charge in [-0.25, -0.2) is 9.97 Å². The maximum Gasteiger partial charge on any atom is 0.255 e. The van der Waals surface area contributed by atoms with Gasteiger partial charge in [0.25, 0.3) is 5.56 Å². The molecule has 178 valence electrons. The van der Waals surface area contributed by atoms with Crippen LogP contribution in [0.4, 0.5) is 29.1 Å². The van der Waals surface area contributed by atoms with Gasteiger partial charge in [0.15, 0.2) is 0 Å². The maximum absolute atomic E-state index is 13.1. The Bertz CT molecular complexity index is 1380. The molecule has 5 rings (SSSR count). The summed E-state index contributed by atoms with van der Waals surface area (Å²) in [4.78, 5) is 33.6. The average molecular weight is 468 g/mol. The van der Waals surface area contributed by atoms with E-state index in [2.05, 4.69) is 16.8 Å². The molecule has 35 heavy (non-hydrogen) atoms. The lowest BCUT2D eigenvalue weighted by molar-refractivity contribution is 0.561. The number of nitrogens with zero attached hydrogens (tertiary/aromatic N) is 7. The number of anilines is 5. The number of benzene rings is 2. The normalized spacial score (nSPS) is 12.8. The molecule has 0 saturated heterocycles. The molecular weight excluding hydrogens is 438 g/mol. The summed E-state index contributed by atoms with van der Waals surface area (Å²) in [5.41, 5.74) is 3.60. The first kappa shape index (κ1) is 22.6. The van der Waals surface area contributed by atoms with E-state index in [0.29, 0.717) is 24.1 Å². The molecule has 0 bridgehead atoms. The summed E-state index contributed by atoms with van der Waals surface area (Å²) in [6.45, 7) is 4.17. The van der Waals surface area contributed by atoms with E-state index in [4.69, 9.17) is 9.97 Å². The zero-order valence-electron chi connectivity index (χ0n) is 20.3. The van der Waals surface area contributed by atoms with Gasteiger partial charge in [0.2, 0.25) is 11.9 Å². The Morgan fingerprint density at radius 1 is 0.914 bits per heavy atom. The molecule has 2 aromatic heterocycles. The van der Waals surface area contributed by atoms with Gasteiger partial charge in [0.1, 0.15) is 5.82 Å². The van der Waals surface area contributed by atoms with Crippen molar-refractivity contribution in [3.05, 3.63) is 83.3 Å². The number of aromatic nitrogens is 4. The molecule has 0 atom stereocenters. The fourth-order valence-corrected chi connectivity index (χ4v) is 4.37. The molecule has 0 amide bonds. The van der Waals surface area contributed by atoms with Crippen LogP contribution >= 0.6 is 0 Å². The first-order valence-electron chi connectivity index (χ1n) is 11.9. The SMILES string of the molecule is CCN(c1ccccc1)c1nccc(N2CCCn3c2nc(-c2cccc(N(C)C)c2)cc3=O)n1. The Morgan fingerprint density at radius 2 is 1.71 bits per heavy atom. The average Bonchev–Trinajstić information content (AvgIpc) is 2.90. The number of fused-ring (bicyclic) bond motifs is 1. The minimum atomic E-state index is -0.0568. The van der Waals surface area contributed by atoms with Crippen LogP contribution in [-0.4, -0.2) is 46.7 Å². The standard InChI is InChI=1S/C27H29N7O/c1-4-32(21-11-6-5-7-12-21)26-28-15-14-24(30-26)33-16-9-17-34-25(35)19-23(29-27(33)34)20-10-8-13-22(18-20)31(2)3/h5-8,10-15,18-19H,4,9,16-17H2,1-3H3. The highest BCUT2D eigenvalue weighted by Crippen LogP contribution is 2.30. The molecule has 0 saturated carbocycles. The summed E-state index contributed by atoms with van der Waals surface area (Å²) < 4.78 is 1.74. The Hall–Kier alpha value is -4.20. The molecule has 1 aliphatic rings. The van der Waals surface area contributed by atoms with Crippen molar-refractivity contribution in [1.82, 2.24) is 19.5 Å². The Labute approximate surface area is 205 Å². The summed E-state index contributed by atoms with van der Waals surface area (Å²) in [6.07, 6.45) is 2.60. The summed E-state index contributed by atoms with van der Waals surface area (Å²) in [5, 5.41) is 0. The highest BCUT2D eigenvalue weighted by atomic mass is 16.1. The van der Waals surface area contributed by atoms with E-state index in [1.54, 1.807) is 16.8 Å². The summed E-state index contributed by atoms with van der Waals surface area (Å²) in [5.74, 6) is 1.95. The van der Waals surface area contributed by atoms with Gasteiger partial charge in [-0.2, -0.15) is 4.98 Å². The number of para-hydroxylation sites is 1. The summed E-state index contributed by atoms with van der Waals surface area (Å²) >= 11 is 0. The topological polar surface area (TPSA) is 70.4 Å². The Kier molecular flexibility index (Phi) is 6.18. The highest BCUT2D eigenvalue weighted by Gasteiger charge is 2.24. The van der Waals surface area contributed by atoms with Crippen molar-refractivity contribution >= 4 is 29.1 Å². The fraction of sp³-hybridized carbons (Fsp3) is 0.259. The van der Waals surface area contributed by atoms with Crippen molar-refractivity contribution in [2.45, 2.75) is 19.9 Å². The van der Waals surface area contributed by atoms with Crippen molar-refractivity contribution in [2.24, 2.45) is 0 Å². The van der Waals surface area contributed by atoms with Gasteiger partial charge in [-0.1, -0.05) is 30.3 Å². The third kappa shape index (κ3) is 4.47. The van der Waals surface area contributed by atoms with E-state index in [0.717, 1.165) is 42.3 Å². The fourth-order valence-electron chi connectivity index (χ4n) is 4.37. The van der Waals surface area contributed by atoms with Gasteiger partial charge in [-0.15, -0.1) is 0 Å². The van der Waals surface area contributed by atoms with Gasteiger partial charge in [0.05, 0.1) is 5.69 Å². The lowest BCUT2D eigenvalue weighted by Gasteiger charge is -2.31. The Morgan fingerprint density at radius 3 is 2.49 bits per heavy atom. The van der Waals surface area contributed by atoms with E-state index in [-0.39, 0.29) is 5.56 Å². The third-order valence-electron chi connectivity index (χ3n) is 6.18. The first-order valence-corrected chi connectivity index (χ1v) is 11.9. The largest absolute Gasteiger partial charge is 0.378 e. The first-order chi connectivity index (χ1) is 17.0. The van der Waals surface area contributed by atoms with Crippen LogP contribution in [0.15, 0.2) is 77.7 Å². The van der Waals surface area contributed by atoms with E-state index < -0.39 is 0 Å². The van der Waals surface area contributed by atoms with Crippen LogP contribution in [0.25, 0.3) is 11.3 Å². The highest BCUT2D eigenvalue weighted by molar-refractivity contribution is 5.68. The maximum atomic E-state index is 13.1. The molecule has 0 radical (unpaired) electrons. The summed E-state index contributed by atoms with van der Waals surface area (Å²) in [7, 11) is 4.00. The van der Waals surface area contributed by atoms with Crippen molar-refractivity contribution in [1.29, 1.82) is 0 Å². The van der Waals surface area contributed by atoms with Crippen molar-refractivity contribution in [3.63, 3.8) is 0 Å². The molecule has 8 nitrogen and oxygen atoms in total. The van der Waals surface area contributed by atoms with Crippen LogP contribution in [0, 0.1) is 0 Å². The van der Waals surface area contributed by atoms with Crippen LogP contribution in [0.2, 0.25) is 0 Å². The lowest BCUT2D eigenvalue weighted by Crippen LogP contribution is -2.36. The molecule has 4 aromatic rings. The van der Waals surface area contributed by atoms with Gasteiger partial charge >= 0.3 is 0 Å². The summed E-state index contributed by atoms with van der Waals surface area (Å²) in [6, 6.07) is 21.7. The Balaban J connectivity index is 1.56. The molecule has 1 aliphatic heterocycles. The molecule has 3 heterocycles. The van der Waals surface area contributed by atoms with E-state index >= 15 is 0 Å². The number of rotatable bonds is 6. The smallest absolute Gasteiger partial charge is 0.255 e. The second-order valence-corrected chi connectivity index (χ2v) is 8.68. The van der Waals surface area contributed by atoms with Crippen molar-refractivity contribution < 1.29 is 0 Å². The molecule has 0 fully saturated rings. The second kappa shape index (κ2) is 9.58. The van der Waals surface area contributed by atoms with Crippen molar-refractivity contribution in [2.75, 3.05) is 41.9 Å². The molecule has 8 heteroatoms. The van der Waals surface area contributed by atoms with Gasteiger partial charge < -0.3 is 9.80 Å². The quantitative estimate of drug-likeness (QED) is 0.414. The molecule has 0 N–H and O–H groups in total. The van der Waals surface area contributed by atoms with E-state index in [1.807, 2.05) is 84.6 Å². The molecule has 0 unspecified atom stereocenters. The zero-order valence-corrected chi connectivity index (χ0v) is 20.3. The van der Waals surface area contributed by atoms with Crippen LogP contribution < -0.4 is 20.3 Å². The predicted octanol–water partition coefficient (Wildman–Crippen LogP) is 4.47. The lowest BCUT2D eigenvalue weighted by atomic mass is 10.1. The van der Waals surface area contributed by atoms with Crippen LogP contribution in [-0.2, 0) is 6.54 Å². The monoisotopic (exact) mass is 467 g/mol. The molecule has 2 aromatic carbocycles. The van der Waals surface area contributed by atoms with Crippen LogP contribution in [0.3, 0.4) is 0 Å². The minimum absolute atomic E-state index is 0.0568. The van der Waals surface area contributed by atoms with Gasteiger partial charge in [0, 0.05) is 62.9 Å². The number of hydrogen-bond donors (Lipinski definition) is 0. The minimum Gasteiger partial charge on any atom is -0.378 e. The van der Waals surface area contributed by atoms with Gasteiger partial charge in [-0.05, 0) is 43.7 Å². The van der Waals surface area contributed by atoms with Crippen LogP contribution in [0.5, 0.6) is 0 Å².